The zero-order chi connectivity index (χ0) is 8.53. The summed E-state index contributed by atoms with van der Waals surface area (Å²) >= 11 is 0. The predicted octanol–water partition coefficient (Wildman–Crippen LogP) is 2.75. The van der Waals surface area contributed by atoms with Gasteiger partial charge in [-0.3, -0.25) is 4.99 Å². The molecule has 0 bridgehead atoms. The molecule has 0 saturated carbocycles. The molecule has 0 atom stereocenters. The lowest BCUT2D eigenvalue weighted by molar-refractivity contribution is 0.821. The number of amidine groups is 1. The van der Waals surface area contributed by atoms with E-state index in [1.165, 1.54) is 0 Å². The van der Waals surface area contributed by atoms with Crippen molar-refractivity contribution in [2.24, 2.45) is 10.2 Å². The lowest BCUT2D eigenvalue weighted by Gasteiger charge is -1.94. The van der Waals surface area contributed by atoms with Gasteiger partial charge < -0.3 is 0 Å². The lowest BCUT2D eigenvalue weighted by Crippen LogP contribution is -1.94. The number of unbranched alkanes of at least 4 members (excludes halogenated alkanes) is 1. The average molecular weight is 156 g/mol. The topological polar surface area (TPSA) is 41.8 Å². The van der Waals surface area contributed by atoms with E-state index >= 15 is 0 Å². The maximum absolute atomic E-state index is 10.1. The van der Waals surface area contributed by atoms with E-state index in [9.17, 15) is 4.91 Å². The third-order valence-electron chi connectivity index (χ3n) is 1.38. The summed E-state index contributed by atoms with van der Waals surface area (Å²) in [7, 11) is 0. The van der Waals surface area contributed by atoms with Crippen molar-refractivity contribution >= 4 is 5.84 Å². The van der Waals surface area contributed by atoms with Crippen LogP contribution in [0.1, 0.15) is 39.5 Å². The molecular formula is C8H16N2O. The molecule has 0 aromatic carbocycles. The van der Waals surface area contributed by atoms with E-state index in [1.54, 1.807) is 0 Å². The summed E-state index contributed by atoms with van der Waals surface area (Å²) in [5.41, 5.74) is 0. The molecule has 3 nitrogen and oxygen atoms in total. The van der Waals surface area contributed by atoms with Crippen molar-refractivity contribution in [3.63, 3.8) is 0 Å². The quantitative estimate of drug-likeness (QED) is 0.343. The van der Waals surface area contributed by atoms with E-state index in [2.05, 4.69) is 17.1 Å². The van der Waals surface area contributed by atoms with Crippen LogP contribution in [0.4, 0.5) is 0 Å². The molecule has 0 unspecified atom stereocenters. The molecule has 0 radical (unpaired) electrons. The summed E-state index contributed by atoms with van der Waals surface area (Å²) in [6, 6.07) is 0. The van der Waals surface area contributed by atoms with Crippen LogP contribution in [-0.2, 0) is 0 Å². The molecule has 0 N–H and O–H groups in total. The van der Waals surface area contributed by atoms with Gasteiger partial charge in [-0.15, -0.1) is 4.91 Å². The van der Waals surface area contributed by atoms with Crippen molar-refractivity contribution in [3.05, 3.63) is 4.91 Å². The van der Waals surface area contributed by atoms with E-state index in [0.717, 1.165) is 32.2 Å². The van der Waals surface area contributed by atoms with Gasteiger partial charge in [0, 0.05) is 13.0 Å². The highest BCUT2D eigenvalue weighted by molar-refractivity contribution is 5.82. The normalized spacial score (nSPS) is 11.6. The number of rotatable bonds is 5. The molecule has 0 saturated heterocycles. The van der Waals surface area contributed by atoms with Crippen molar-refractivity contribution in [1.82, 2.24) is 0 Å². The summed E-state index contributed by atoms with van der Waals surface area (Å²) < 4.78 is 0. The fourth-order valence-electron chi connectivity index (χ4n) is 0.729. The molecule has 0 amide bonds. The Balaban J connectivity index is 3.64. The van der Waals surface area contributed by atoms with Crippen LogP contribution in [0, 0.1) is 4.91 Å². The van der Waals surface area contributed by atoms with E-state index in [1.807, 2.05) is 6.92 Å². The highest BCUT2D eigenvalue weighted by atomic mass is 16.3. The molecule has 64 valence electrons. The Kier molecular flexibility index (Phi) is 6.89. The number of nitroso groups, excluding NO2 is 1. The first kappa shape index (κ1) is 10.3. The van der Waals surface area contributed by atoms with Gasteiger partial charge in [-0.25, -0.2) is 0 Å². The van der Waals surface area contributed by atoms with Crippen LogP contribution >= 0.6 is 0 Å². The largest absolute Gasteiger partial charge is 0.268 e. The molecule has 0 aromatic rings. The van der Waals surface area contributed by atoms with E-state index in [4.69, 9.17) is 0 Å². The Bertz CT molecular complexity index is 132. The van der Waals surface area contributed by atoms with Gasteiger partial charge >= 0.3 is 0 Å². The van der Waals surface area contributed by atoms with Gasteiger partial charge in [0.1, 0.15) is 0 Å². The minimum Gasteiger partial charge on any atom is -0.268 e. The van der Waals surface area contributed by atoms with Crippen LogP contribution in [0.25, 0.3) is 0 Å². The third-order valence-corrected chi connectivity index (χ3v) is 1.38. The second-order valence-electron chi connectivity index (χ2n) is 2.49. The molecule has 0 heterocycles. The number of hydrogen-bond donors (Lipinski definition) is 0. The Labute approximate surface area is 67.9 Å². The van der Waals surface area contributed by atoms with Gasteiger partial charge in [0.2, 0.25) is 0 Å². The molecule has 0 fully saturated rings. The maximum atomic E-state index is 10.1. The number of aliphatic imine (C=N–C) groups is 1. The van der Waals surface area contributed by atoms with Gasteiger partial charge in [-0.1, -0.05) is 20.3 Å². The summed E-state index contributed by atoms with van der Waals surface area (Å²) in [4.78, 5) is 14.2. The van der Waals surface area contributed by atoms with Crippen LogP contribution in [-0.4, -0.2) is 12.4 Å². The highest BCUT2D eigenvalue weighted by Gasteiger charge is 1.95. The first-order valence-corrected chi connectivity index (χ1v) is 4.21. The molecular weight excluding hydrogens is 140 g/mol. The first-order chi connectivity index (χ1) is 5.35. The molecule has 3 heteroatoms. The van der Waals surface area contributed by atoms with E-state index < -0.39 is 0 Å². The number of hydrogen-bond acceptors (Lipinski definition) is 2. The van der Waals surface area contributed by atoms with E-state index in [-0.39, 0.29) is 0 Å². The van der Waals surface area contributed by atoms with Crippen molar-refractivity contribution in [2.45, 2.75) is 39.5 Å². The monoisotopic (exact) mass is 156 g/mol. The Morgan fingerprint density at radius 3 is 2.45 bits per heavy atom. The van der Waals surface area contributed by atoms with Gasteiger partial charge in [-0.05, 0) is 18.0 Å². The molecule has 0 aliphatic heterocycles. The second kappa shape index (κ2) is 7.38. The Hall–Kier alpha value is -0.730. The van der Waals surface area contributed by atoms with Crippen LogP contribution in [0.5, 0.6) is 0 Å². The van der Waals surface area contributed by atoms with Gasteiger partial charge in [-0.2, -0.15) is 0 Å². The molecule has 0 spiro atoms. The van der Waals surface area contributed by atoms with E-state index in [0.29, 0.717) is 5.84 Å². The van der Waals surface area contributed by atoms with Crippen molar-refractivity contribution in [3.8, 4) is 0 Å². The van der Waals surface area contributed by atoms with Crippen molar-refractivity contribution in [1.29, 1.82) is 0 Å². The smallest absolute Gasteiger partial charge is 0.168 e. The van der Waals surface area contributed by atoms with Gasteiger partial charge in [0.05, 0.1) is 0 Å². The minimum absolute atomic E-state index is 0.480. The fraction of sp³-hybridized carbons (Fsp3) is 0.875. The second-order valence-corrected chi connectivity index (χ2v) is 2.49. The predicted molar refractivity (Wildman–Crippen MR) is 47.9 cm³/mol. The van der Waals surface area contributed by atoms with Crippen LogP contribution in [0.15, 0.2) is 10.2 Å². The molecule has 0 rings (SSSR count). The number of nitrogens with zero attached hydrogens (tertiary/aromatic N) is 2. The maximum Gasteiger partial charge on any atom is 0.168 e. The zero-order valence-corrected chi connectivity index (χ0v) is 7.34. The highest BCUT2D eigenvalue weighted by Crippen LogP contribution is 1.98. The summed E-state index contributed by atoms with van der Waals surface area (Å²) in [5, 5.41) is 2.86. The average Bonchev–Trinajstić information content (AvgIpc) is 2.05. The summed E-state index contributed by atoms with van der Waals surface area (Å²) in [6.45, 7) is 4.85. The van der Waals surface area contributed by atoms with Gasteiger partial charge in [0.15, 0.2) is 5.84 Å². The standard InChI is InChI=1S/C8H16N2O/c1-3-5-6-8(10-11)9-7-4-2/h3-7H2,1-2H3. The third kappa shape index (κ3) is 5.70. The van der Waals surface area contributed by atoms with Gasteiger partial charge in [0.25, 0.3) is 0 Å². The lowest BCUT2D eigenvalue weighted by atomic mass is 10.2. The molecule has 0 aromatic heterocycles. The summed E-state index contributed by atoms with van der Waals surface area (Å²) in [5.74, 6) is 0.480. The van der Waals surface area contributed by atoms with Crippen molar-refractivity contribution in [2.75, 3.05) is 6.54 Å². The summed E-state index contributed by atoms with van der Waals surface area (Å²) in [6.07, 6.45) is 3.81. The SMILES string of the molecule is CCCCC(N=O)=NCCC. The zero-order valence-electron chi connectivity index (χ0n) is 7.34. The Morgan fingerprint density at radius 1 is 1.27 bits per heavy atom. The Morgan fingerprint density at radius 2 is 2.00 bits per heavy atom. The minimum atomic E-state index is 0.480. The van der Waals surface area contributed by atoms with Crippen molar-refractivity contribution < 1.29 is 0 Å². The van der Waals surface area contributed by atoms with Crippen LogP contribution < -0.4 is 0 Å². The molecule has 0 aliphatic carbocycles. The molecule has 11 heavy (non-hydrogen) atoms. The van der Waals surface area contributed by atoms with Crippen LogP contribution in [0.2, 0.25) is 0 Å². The molecule has 0 aliphatic rings. The first-order valence-electron chi connectivity index (χ1n) is 4.21. The van der Waals surface area contributed by atoms with Crippen LogP contribution in [0.3, 0.4) is 0 Å². The fourth-order valence-corrected chi connectivity index (χ4v) is 0.729.